The highest BCUT2D eigenvalue weighted by Crippen LogP contribution is 2.20. The van der Waals surface area contributed by atoms with Crippen LogP contribution < -0.4 is 10.2 Å². The summed E-state index contributed by atoms with van der Waals surface area (Å²) in [4.78, 5) is 14.5. The third kappa shape index (κ3) is 1.91. The van der Waals surface area contributed by atoms with Gasteiger partial charge in [-0.2, -0.15) is 0 Å². The predicted molar refractivity (Wildman–Crippen MR) is 59.1 cm³/mol. The van der Waals surface area contributed by atoms with Crippen LogP contribution in [0.5, 0.6) is 5.75 Å². The highest BCUT2D eigenvalue weighted by Gasteiger charge is 2.02. The Bertz CT molecular complexity index is 517. The van der Waals surface area contributed by atoms with E-state index in [1.54, 1.807) is 19.5 Å². The molecule has 1 aromatic heterocycles. The van der Waals surface area contributed by atoms with Gasteiger partial charge in [0.15, 0.2) is 5.43 Å². The van der Waals surface area contributed by atoms with Gasteiger partial charge in [-0.05, 0) is 17.7 Å². The number of hydrogen-bond donors (Lipinski definition) is 1. The summed E-state index contributed by atoms with van der Waals surface area (Å²) in [5.41, 5.74) is 1.51. The number of nitrogens with one attached hydrogen (secondary N) is 1. The van der Waals surface area contributed by atoms with Crippen LogP contribution in [0.4, 0.5) is 0 Å². The number of aromatic amines is 1. The Morgan fingerprint density at radius 3 is 2.87 bits per heavy atom. The molecule has 0 aliphatic heterocycles. The van der Waals surface area contributed by atoms with Gasteiger partial charge in [-0.1, -0.05) is 12.1 Å². The van der Waals surface area contributed by atoms with Crippen molar-refractivity contribution < 1.29 is 4.74 Å². The zero-order chi connectivity index (χ0) is 10.7. The summed E-state index contributed by atoms with van der Waals surface area (Å²) in [6.07, 6.45) is 3.31. The number of aromatic nitrogens is 1. The van der Waals surface area contributed by atoms with Crippen LogP contribution in [0.3, 0.4) is 0 Å². The third-order valence-corrected chi connectivity index (χ3v) is 2.20. The molecule has 0 aliphatic carbocycles. The van der Waals surface area contributed by atoms with E-state index in [9.17, 15) is 4.79 Å². The van der Waals surface area contributed by atoms with Crippen LogP contribution in [0, 0.1) is 0 Å². The van der Waals surface area contributed by atoms with E-state index in [0.717, 1.165) is 11.3 Å². The smallest absolute Gasteiger partial charge is 0.189 e. The Kier molecular flexibility index (Phi) is 2.54. The molecule has 1 heterocycles. The molecule has 0 amide bonds. The number of pyridine rings is 1. The van der Waals surface area contributed by atoms with Gasteiger partial charge in [0.2, 0.25) is 0 Å². The number of H-pyrrole nitrogens is 1. The maximum Gasteiger partial charge on any atom is 0.189 e. The summed E-state index contributed by atoms with van der Waals surface area (Å²) >= 11 is 0. The standard InChI is InChI=1S/C12H11NO2/c1-15-10-4-2-3-9(7-10)11-8-13-6-5-12(11)14/h2-8H,1H3,(H,13,14). The molecule has 2 aromatic rings. The van der Waals surface area contributed by atoms with Crippen molar-refractivity contribution >= 4 is 0 Å². The summed E-state index contributed by atoms with van der Waals surface area (Å²) in [5, 5.41) is 0. The topological polar surface area (TPSA) is 42.1 Å². The maximum absolute atomic E-state index is 11.6. The van der Waals surface area contributed by atoms with Crippen molar-refractivity contribution in [3.63, 3.8) is 0 Å². The van der Waals surface area contributed by atoms with Crippen LogP contribution in [0.2, 0.25) is 0 Å². The van der Waals surface area contributed by atoms with Gasteiger partial charge in [-0.15, -0.1) is 0 Å². The van der Waals surface area contributed by atoms with E-state index >= 15 is 0 Å². The fourth-order valence-corrected chi connectivity index (χ4v) is 1.43. The molecule has 15 heavy (non-hydrogen) atoms. The van der Waals surface area contributed by atoms with Crippen molar-refractivity contribution in [3.8, 4) is 16.9 Å². The largest absolute Gasteiger partial charge is 0.497 e. The Hall–Kier alpha value is -2.03. The second-order valence-corrected chi connectivity index (χ2v) is 3.15. The van der Waals surface area contributed by atoms with Crippen molar-refractivity contribution in [2.24, 2.45) is 0 Å². The summed E-state index contributed by atoms with van der Waals surface area (Å²) in [6, 6.07) is 8.94. The molecule has 0 atom stereocenters. The predicted octanol–water partition coefficient (Wildman–Crippen LogP) is 2.05. The average Bonchev–Trinajstić information content (AvgIpc) is 2.30. The highest BCUT2D eigenvalue weighted by molar-refractivity contribution is 5.63. The van der Waals surface area contributed by atoms with Gasteiger partial charge in [-0.25, -0.2) is 0 Å². The molecule has 3 heteroatoms. The van der Waals surface area contributed by atoms with Crippen LogP contribution in [-0.2, 0) is 0 Å². The first-order valence-electron chi connectivity index (χ1n) is 4.63. The molecule has 2 rings (SSSR count). The first kappa shape index (κ1) is 9.52. The number of ether oxygens (including phenoxy) is 1. The van der Waals surface area contributed by atoms with Gasteiger partial charge >= 0.3 is 0 Å². The van der Waals surface area contributed by atoms with E-state index in [0.29, 0.717) is 5.56 Å². The van der Waals surface area contributed by atoms with Crippen LogP contribution in [0.15, 0.2) is 47.5 Å². The first-order chi connectivity index (χ1) is 7.31. The van der Waals surface area contributed by atoms with Crippen LogP contribution >= 0.6 is 0 Å². The molecule has 1 N–H and O–H groups in total. The normalized spacial score (nSPS) is 9.93. The van der Waals surface area contributed by atoms with Crippen LogP contribution in [0.25, 0.3) is 11.1 Å². The molecular weight excluding hydrogens is 190 g/mol. The van der Waals surface area contributed by atoms with Crippen molar-refractivity contribution in [2.75, 3.05) is 7.11 Å². The Balaban J connectivity index is 2.54. The average molecular weight is 201 g/mol. The number of hydrogen-bond acceptors (Lipinski definition) is 2. The van der Waals surface area contributed by atoms with Crippen molar-refractivity contribution in [1.29, 1.82) is 0 Å². The minimum atomic E-state index is 0.00185. The van der Waals surface area contributed by atoms with Gasteiger partial charge in [0, 0.05) is 24.0 Å². The van der Waals surface area contributed by atoms with Gasteiger partial charge < -0.3 is 9.72 Å². The minimum absolute atomic E-state index is 0.00185. The SMILES string of the molecule is COc1cccc(-c2c[nH]ccc2=O)c1. The second kappa shape index (κ2) is 4.00. The van der Waals surface area contributed by atoms with E-state index in [1.807, 2.05) is 24.3 Å². The molecule has 76 valence electrons. The molecule has 0 aliphatic rings. The Morgan fingerprint density at radius 2 is 2.13 bits per heavy atom. The lowest BCUT2D eigenvalue weighted by Gasteiger charge is -2.03. The molecule has 0 saturated carbocycles. The lowest BCUT2D eigenvalue weighted by molar-refractivity contribution is 0.415. The Labute approximate surface area is 87.3 Å². The molecule has 0 saturated heterocycles. The monoisotopic (exact) mass is 201 g/mol. The summed E-state index contributed by atoms with van der Waals surface area (Å²) in [6.45, 7) is 0. The fraction of sp³-hybridized carbons (Fsp3) is 0.0833. The van der Waals surface area contributed by atoms with Crippen molar-refractivity contribution in [2.45, 2.75) is 0 Å². The van der Waals surface area contributed by atoms with Crippen LogP contribution in [-0.4, -0.2) is 12.1 Å². The second-order valence-electron chi connectivity index (χ2n) is 3.15. The summed E-state index contributed by atoms with van der Waals surface area (Å²) in [5.74, 6) is 0.746. The molecular formula is C12H11NO2. The number of methoxy groups -OCH3 is 1. The molecule has 0 bridgehead atoms. The quantitative estimate of drug-likeness (QED) is 0.808. The highest BCUT2D eigenvalue weighted by atomic mass is 16.5. The van der Waals surface area contributed by atoms with Gasteiger partial charge in [0.1, 0.15) is 5.75 Å². The fourth-order valence-electron chi connectivity index (χ4n) is 1.43. The van der Waals surface area contributed by atoms with Crippen LogP contribution in [0.1, 0.15) is 0 Å². The van der Waals surface area contributed by atoms with Gasteiger partial charge in [0.25, 0.3) is 0 Å². The van der Waals surface area contributed by atoms with E-state index in [4.69, 9.17) is 4.74 Å². The van der Waals surface area contributed by atoms with E-state index in [2.05, 4.69) is 4.98 Å². The molecule has 3 nitrogen and oxygen atoms in total. The number of rotatable bonds is 2. The van der Waals surface area contributed by atoms with Gasteiger partial charge in [0.05, 0.1) is 7.11 Å². The molecule has 0 radical (unpaired) electrons. The van der Waals surface area contributed by atoms with Gasteiger partial charge in [-0.3, -0.25) is 4.79 Å². The molecule has 0 unspecified atom stereocenters. The van der Waals surface area contributed by atoms with Crippen molar-refractivity contribution in [1.82, 2.24) is 4.98 Å². The van der Waals surface area contributed by atoms with E-state index in [1.165, 1.54) is 6.07 Å². The lowest BCUT2D eigenvalue weighted by Crippen LogP contribution is -2.02. The zero-order valence-electron chi connectivity index (χ0n) is 8.36. The molecule has 0 spiro atoms. The molecule has 0 fully saturated rings. The summed E-state index contributed by atoms with van der Waals surface area (Å²) in [7, 11) is 1.61. The zero-order valence-corrected chi connectivity index (χ0v) is 8.36. The maximum atomic E-state index is 11.6. The lowest BCUT2D eigenvalue weighted by atomic mass is 10.1. The van der Waals surface area contributed by atoms with Crippen molar-refractivity contribution in [3.05, 3.63) is 52.9 Å². The minimum Gasteiger partial charge on any atom is -0.497 e. The summed E-state index contributed by atoms with van der Waals surface area (Å²) < 4.78 is 5.10. The number of benzene rings is 1. The van der Waals surface area contributed by atoms with E-state index < -0.39 is 0 Å². The third-order valence-electron chi connectivity index (χ3n) is 2.20. The Morgan fingerprint density at radius 1 is 1.27 bits per heavy atom. The first-order valence-corrected chi connectivity index (χ1v) is 4.63. The van der Waals surface area contributed by atoms with E-state index in [-0.39, 0.29) is 5.43 Å². The molecule has 1 aromatic carbocycles.